The summed E-state index contributed by atoms with van der Waals surface area (Å²) in [5.41, 5.74) is 0.955. The number of methoxy groups -OCH3 is 1. The van der Waals surface area contributed by atoms with Crippen LogP contribution in [-0.2, 0) is 9.59 Å². The van der Waals surface area contributed by atoms with Gasteiger partial charge in [0.15, 0.2) is 16.6 Å². The summed E-state index contributed by atoms with van der Waals surface area (Å²) in [7, 11) is 1.50. The summed E-state index contributed by atoms with van der Waals surface area (Å²) < 4.78 is 17.3. The minimum Gasteiger partial charge on any atom is -0.495 e. The highest BCUT2D eigenvalue weighted by molar-refractivity contribution is 9.10. The number of carbonyl (C=O) groups is 2. The van der Waals surface area contributed by atoms with E-state index >= 15 is 0 Å². The molecular weight excluding hydrogens is 484 g/mol. The molecule has 1 aliphatic rings. The largest absolute Gasteiger partial charge is 0.495 e. The van der Waals surface area contributed by atoms with Gasteiger partial charge in [0.1, 0.15) is 11.3 Å². The third-order valence-electron chi connectivity index (χ3n) is 4.36. The smallest absolute Gasteiger partial charge is 0.270 e. The van der Waals surface area contributed by atoms with Crippen LogP contribution in [0.25, 0.3) is 6.08 Å². The summed E-state index contributed by atoms with van der Waals surface area (Å²) in [5.74, 6) is 0.385. The van der Waals surface area contributed by atoms with E-state index in [1.54, 1.807) is 36.4 Å². The molecule has 3 rings (SSSR count). The van der Waals surface area contributed by atoms with Gasteiger partial charge in [-0.1, -0.05) is 12.1 Å². The Bertz CT molecular complexity index is 1070. The van der Waals surface area contributed by atoms with E-state index in [1.807, 2.05) is 13.8 Å². The minimum atomic E-state index is -0.580. The Labute approximate surface area is 194 Å². The molecule has 1 N–H and O–H groups in total. The normalized spacial score (nSPS) is 15.2. The van der Waals surface area contributed by atoms with Crippen LogP contribution in [0.1, 0.15) is 19.4 Å². The molecule has 0 radical (unpaired) electrons. The van der Waals surface area contributed by atoms with Crippen molar-refractivity contribution in [1.82, 2.24) is 5.32 Å². The molecule has 0 unspecified atom stereocenters. The number of amides is 2. The Morgan fingerprint density at radius 1 is 1.10 bits per heavy atom. The van der Waals surface area contributed by atoms with E-state index in [-0.39, 0.29) is 10.7 Å². The molecule has 2 aromatic carbocycles. The maximum absolute atomic E-state index is 13.3. The highest BCUT2D eigenvalue weighted by Crippen LogP contribution is 2.38. The van der Waals surface area contributed by atoms with Crippen molar-refractivity contribution in [1.29, 1.82) is 0 Å². The van der Waals surface area contributed by atoms with Crippen LogP contribution >= 0.6 is 28.1 Å². The summed E-state index contributed by atoms with van der Waals surface area (Å²) in [5, 5.41) is 2.56. The quantitative estimate of drug-likeness (QED) is 0.347. The van der Waals surface area contributed by atoms with Crippen molar-refractivity contribution in [3.63, 3.8) is 0 Å². The van der Waals surface area contributed by atoms with E-state index in [0.29, 0.717) is 46.2 Å². The van der Waals surface area contributed by atoms with Gasteiger partial charge < -0.3 is 14.2 Å². The van der Waals surface area contributed by atoms with Crippen molar-refractivity contribution in [3.05, 3.63) is 52.0 Å². The third kappa shape index (κ3) is 4.72. The molecule has 0 atom stereocenters. The number of carbonyl (C=O) groups excluding carboxylic acids is 2. The molecule has 0 aromatic heterocycles. The van der Waals surface area contributed by atoms with Crippen LogP contribution < -0.4 is 24.4 Å². The SMILES string of the molecule is CCOc1cc(/C=C2\C(=O)NC(=S)N(c3ccccc3OC)C2=O)cc(Br)c1OCC. The van der Waals surface area contributed by atoms with Crippen molar-refractivity contribution in [3.8, 4) is 17.2 Å². The third-order valence-corrected chi connectivity index (χ3v) is 5.23. The van der Waals surface area contributed by atoms with Crippen molar-refractivity contribution >= 4 is 56.8 Å². The average molecular weight is 505 g/mol. The lowest BCUT2D eigenvalue weighted by molar-refractivity contribution is -0.122. The Kier molecular flexibility index (Phi) is 7.29. The zero-order chi connectivity index (χ0) is 22.5. The first-order chi connectivity index (χ1) is 14.9. The number of nitrogens with zero attached hydrogens (tertiary/aromatic N) is 1. The Hall–Kier alpha value is -2.91. The van der Waals surface area contributed by atoms with Crippen LogP contribution in [0.3, 0.4) is 0 Å². The summed E-state index contributed by atoms with van der Waals surface area (Å²) >= 11 is 8.73. The maximum atomic E-state index is 13.3. The van der Waals surface area contributed by atoms with Gasteiger partial charge in [-0.15, -0.1) is 0 Å². The van der Waals surface area contributed by atoms with Crippen molar-refractivity contribution in [2.75, 3.05) is 25.2 Å². The van der Waals surface area contributed by atoms with E-state index < -0.39 is 11.8 Å². The number of hydrogen-bond acceptors (Lipinski definition) is 6. The molecule has 7 nitrogen and oxygen atoms in total. The van der Waals surface area contributed by atoms with E-state index in [0.717, 1.165) is 0 Å². The fourth-order valence-corrected chi connectivity index (χ4v) is 3.92. The Morgan fingerprint density at radius 3 is 2.48 bits per heavy atom. The molecule has 0 saturated carbocycles. The molecule has 1 heterocycles. The second kappa shape index (κ2) is 9.93. The number of halogens is 1. The first kappa shape index (κ1) is 22.8. The summed E-state index contributed by atoms with van der Waals surface area (Å²) in [6, 6.07) is 10.4. The van der Waals surface area contributed by atoms with Gasteiger partial charge in [0.2, 0.25) is 0 Å². The maximum Gasteiger partial charge on any atom is 0.270 e. The van der Waals surface area contributed by atoms with E-state index in [9.17, 15) is 9.59 Å². The number of nitrogens with one attached hydrogen (secondary N) is 1. The number of benzene rings is 2. The lowest BCUT2D eigenvalue weighted by Gasteiger charge is -2.29. The van der Waals surface area contributed by atoms with Gasteiger partial charge in [0, 0.05) is 0 Å². The first-order valence-electron chi connectivity index (χ1n) is 9.54. The predicted octanol–water partition coefficient (Wildman–Crippen LogP) is 4.09. The standard InChI is InChI=1S/C22H21BrN2O5S/c1-4-29-18-12-13(11-15(23)19(18)30-5-2)10-14-20(26)24-22(31)25(21(14)27)16-8-6-7-9-17(16)28-3/h6-12H,4-5H2,1-3H3,(H,24,26,31)/b14-10+. The zero-order valence-corrected chi connectivity index (χ0v) is 19.6. The van der Waals surface area contributed by atoms with Gasteiger partial charge in [-0.25, -0.2) is 4.90 Å². The average Bonchev–Trinajstić information content (AvgIpc) is 2.74. The van der Waals surface area contributed by atoms with Crippen LogP contribution in [0.4, 0.5) is 5.69 Å². The number of hydrogen-bond donors (Lipinski definition) is 1. The van der Waals surface area contributed by atoms with E-state index in [4.69, 9.17) is 26.4 Å². The Morgan fingerprint density at radius 2 is 1.81 bits per heavy atom. The molecule has 0 aliphatic carbocycles. The molecular formula is C22H21BrN2O5S. The molecule has 2 aromatic rings. The highest BCUT2D eigenvalue weighted by atomic mass is 79.9. The number of anilines is 1. The van der Waals surface area contributed by atoms with Crippen molar-refractivity contribution < 1.29 is 23.8 Å². The molecule has 2 amide bonds. The van der Waals surface area contributed by atoms with Gasteiger partial charge in [0.05, 0.1) is 30.5 Å². The van der Waals surface area contributed by atoms with Crippen molar-refractivity contribution in [2.24, 2.45) is 0 Å². The van der Waals surface area contributed by atoms with Gasteiger partial charge in [0.25, 0.3) is 11.8 Å². The van der Waals surface area contributed by atoms with Gasteiger partial charge in [-0.2, -0.15) is 0 Å². The van der Waals surface area contributed by atoms with Gasteiger partial charge >= 0.3 is 0 Å². The summed E-state index contributed by atoms with van der Waals surface area (Å²) in [6.07, 6.45) is 1.49. The van der Waals surface area contributed by atoms with Crippen LogP contribution in [0.5, 0.6) is 17.2 Å². The topological polar surface area (TPSA) is 77.1 Å². The van der Waals surface area contributed by atoms with Crippen LogP contribution in [0.15, 0.2) is 46.4 Å². The predicted molar refractivity (Wildman–Crippen MR) is 126 cm³/mol. The fraction of sp³-hybridized carbons (Fsp3) is 0.227. The molecule has 9 heteroatoms. The molecule has 162 valence electrons. The zero-order valence-electron chi connectivity index (χ0n) is 17.2. The molecule has 1 saturated heterocycles. The molecule has 0 bridgehead atoms. The monoisotopic (exact) mass is 504 g/mol. The highest BCUT2D eigenvalue weighted by Gasteiger charge is 2.35. The number of ether oxygens (including phenoxy) is 3. The fourth-order valence-electron chi connectivity index (χ4n) is 3.08. The van der Waals surface area contributed by atoms with Crippen LogP contribution in [0, 0.1) is 0 Å². The molecule has 0 spiro atoms. The number of thiocarbonyl (C=S) groups is 1. The number of para-hydroxylation sites is 2. The van der Waals surface area contributed by atoms with E-state index in [2.05, 4.69) is 21.2 Å². The summed E-state index contributed by atoms with van der Waals surface area (Å²) in [6.45, 7) is 4.63. The molecule has 1 fully saturated rings. The second-order valence-corrected chi connectivity index (χ2v) is 7.57. The molecule has 31 heavy (non-hydrogen) atoms. The van der Waals surface area contributed by atoms with Gasteiger partial charge in [-0.05, 0) is 77.9 Å². The lowest BCUT2D eigenvalue weighted by Crippen LogP contribution is -2.54. The van der Waals surface area contributed by atoms with Gasteiger partial charge in [-0.3, -0.25) is 14.9 Å². The number of rotatable bonds is 7. The van der Waals surface area contributed by atoms with Crippen LogP contribution in [-0.4, -0.2) is 37.3 Å². The minimum absolute atomic E-state index is 0.0143. The van der Waals surface area contributed by atoms with Crippen molar-refractivity contribution in [2.45, 2.75) is 13.8 Å². The van der Waals surface area contributed by atoms with Crippen LogP contribution in [0.2, 0.25) is 0 Å². The molecule has 1 aliphatic heterocycles. The van der Waals surface area contributed by atoms with E-state index in [1.165, 1.54) is 18.1 Å². The first-order valence-corrected chi connectivity index (χ1v) is 10.7. The summed E-state index contributed by atoms with van der Waals surface area (Å²) in [4.78, 5) is 27.1. The Balaban J connectivity index is 2.06. The second-order valence-electron chi connectivity index (χ2n) is 6.33. The lowest BCUT2D eigenvalue weighted by atomic mass is 10.1.